The lowest BCUT2D eigenvalue weighted by Crippen LogP contribution is -2.46. The summed E-state index contributed by atoms with van der Waals surface area (Å²) in [5.74, 6) is 0.625. The average molecular weight is 291 g/mol. The number of pyridine rings is 1. The van der Waals surface area contributed by atoms with Crippen LogP contribution in [0.3, 0.4) is 0 Å². The van der Waals surface area contributed by atoms with E-state index in [4.69, 9.17) is 0 Å². The minimum Gasteiger partial charge on any atom is -0.374 e. The quantitative estimate of drug-likeness (QED) is 0.810. The van der Waals surface area contributed by atoms with Gasteiger partial charge in [-0.2, -0.15) is 0 Å². The number of nitrogens with zero attached hydrogens (tertiary/aromatic N) is 3. The van der Waals surface area contributed by atoms with Gasteiger partial charge in [-0.05, 0) is 24.3 Å². The predicted octanol–water partition coefficient (Wildman–Crippen LogP) is 2.63. The fourth-order valence-electron chi connectivity index (χ4n) is 4.23. The molecule has 2 aromatic rings. The maximum atomic E-state index is 13.2. The number of amides is 1. The van der Waals surface area contributed by atoms with Gasteiger partial charge in [0, 0.05) is 42.5 Å². The van der Waals surface area contributed by atoms with Crippen molar-refractivity contribution in [1.29, 1.82) is 0 Å². The van der Waals surface area contributed by atoms with Crippen molar-refractivity contribution >= 4 is 16.7 Å². The Kier molecular flexibility index (Phi) is 2.40. The van der Waals surface area contributed by atoms with Crippen LogP contribution >= 0.6 is 0 Å². The minimum atomic E-state index is 0.0668. The van der Waals surface area contributed by atoms with E-state index >= 15 is 0 Å². The van der Waals surface area contributed by atoms with Crippen LogP contribution in [-0.2, 0) is 0 Å². The average Bonchev–Trinajstić information content (AvgIpc) is 2.69. The monoisotopic (exact) mass is 291 g/mol. The third kappa shape index (κ3) is 1.58. The van der Waals surface area contributed by atoms with Gasteiger partial charge in [-0.3, -0.25) is 9.78 Å². The fourth-order valence-corrected chi connectivity index (χ4v) is 4.23. The molecule has 2 atom stereocenters. The van der Waals surface area contributed by atoms with Crippen LogP contribution in [0.15, 0.2) is 48.4 Å². The van der Waals surface area contributed by atoms with Crippen molar-refractivity contribution in [2.45, 2.75) is 18.9 Å². The van der Waals surface area contributed by atoms with E-state index in [2.05, 4.69) is 16.1 Å². The van der Waals surface area contributed by atoms with Crippen LogP contribution in [0.4, 0.5) is 0 Å². The van der Waals surface area contributed by atoms with Gasteiger partial charge in [0.15, 0.2) is 0 Å². The molecule has 0 radical (unpaired) electrons. The van der Waals surface area contributed by atoms with Crippen molar-refractivity contribution in [2.24, 2.45) is 5.92 Å². The molecule has 1 aromatic heterocycles. The first kappa shape index (κ1) is 12.2. The van der Waals surface area contributed by atoms with Crippen LogP contribution in [0, 0.1) is 5.92 Å². The van der Waals surface area contributed by atoms with Crippen LogP contribution in [0.1, 0.15) is 23.3 Å². The number of carbonyl (C=O) groups is 1. The van der Waals surface area contributed by atoms with Gasteiger partial charge in [0.05, 0.1) is 6.04 Å². The molecule has 22 heavy (non-hydrogen) atoms. The summed E-state index contributed by atoms with van der Waals surface area (Å²) in [5, 5.41) is 2.02. The molecule has 4 nitrogen and oxygen atoms in total. The highest BCUT2D eigenvalue weighted by Gasteiger charge is 2.46. The number of carbonyl (C=O) groups excluding carboxylic acids is 1. The summed E-state index contributed by atoms with van der Waals surface area (Å²) in [4.78, 5) is 22.0. The maximum Gasteiger partial charge on any atom is 0.277 e. The third-order valence-corrected chi connectivity index (χ3v) is 5.24. The van der Waals surface area contributed by atoms with E-state index in [-0.39, 0.29) is 5.91 Å². The normalized spacial score (nSPS) is 25.7. The van der Waals surface area contributed by atoms with E-state index in [0.29, 0.717) is 17.7 Å². The number of rotatable bonds is 1. The zero-order valence-electron chi connectivity index (χ0n) is 12.3. The Morgan fingerprint density at radius 3 is 3.09 bits per heavy atom. The van der Waals surface area contributed by atoms with Gasteiger partial charge in [0.1, 0.15) is 5.69 Å². The Balaban J connectivity index is 1.62. The summed E-state index contributed by atoms with van der Waals surface area (Å²) in [6.07, 6.45) is 6.22. The number of fused-ring (bicyclic) bond motifs is 3. The zero-order valence-corrected chi connectivity index (χ0v) is 12.3. The van der Waals surface area contributed by atoms with Crippen LogP contribution in [0.25, 0.3) is 10.8 Å². The molecule has 0 saturated carbocycles. The lowest BCUT2D eigenvalue weighted by molar-refractivity contribution is 0.0717. The lowest BCUT2D eigenvalue weighted by atomic mass is 9.99. The van der Waals surface area contributed by atoms with Gasteiger partial charge in [-0.25, -0.2) is 0 Å². The Morgan fingerprint density at radius 1 is 1.23 bits per heavy atom. The van der Waals surface area contributed by atoms with Crippen molar-refractivity contribution in [3.63, 3.8) is 0 Å². The van der Waals surface area contributed by atoms with Crippen LogP contribution < -0.4 is 0 Å². The minimum absolute atomic E-state index is 0.0668. The number of allylic oxidation sites excluding steroid dienone is 1. The van der Waals surface area contributed by atoms with Gasteiger partial charge in [-0.1, -0.05) is 24.3 Å². The fraction of sp³-hybridized carbons (Fsp3) is 0.333. The number of benzene rings is 1. The van der Waals surface area contributed by atoms with E-state index in [0.717, 1.165) is 30.3 Å². The smallest absolute Gasteiger partial charge is 0.277 e. The molecular weight excluding hydrogens is 274 g/mol. The predicted molar refractivity (Wildman–Crippen MR) is 84.1 cm³/mol. The molecule has 1 aromatic carbocycles. The summed E-state index contributed by atoms with van der Waals surface area (Å²) in [5.41, 5.74) is 1.80. The summed E-state index contributed by atoms with van der Waals surface area (Å²) in [7, 11) is 0. The molecule has 0 aliphatic carbocycles. The molecule has 3 aliphatic rings. The second kappa shape index (κ2) is 4.32. The Bertz CT molecular complexity index is 806. The molecule has 1 fully saturated rings. The van der Waals surface area contributed by atoms with E-state index in [9.17, 15) is 4.79 Å². The highest BCUT2D eigenvalue weighted by atomic mass is 16.2. The van der Waals surface area contributed by atoms with E-state index in [1.165, 1.54) is 12.1 Å². The second-order valence-electron chi connectivity index (χ2n) is 6.48. The first-order chi connectivity index (χ1) is 10.8. The van der Waals surface area contributed by atoms with Crippen molar-refractivity contribution in [3.05, 3.63) is 54.1 Å². The van der Waals surface area contributed by atoms with Gasteiger partial charge in [-0.15, -0.1) is 0 Å². The topological polar surface area (TPSA) is 36.4 Å². The van der Waals surface area contributed by atoms with E-state index < -0.39 is 0 Å². The van der Waals surface area contributed by atoms with Gasteiger partial charge in [0.25, 0.3) is 5.91 Å². The molecule has 3 bridgehead atoms. The molecular formula is C18H17N3O. The summed E-state index contributed by atoms with van der Waals surface area (Å²) < 4.78 is 0. The standard InChI is InChI=1S/C18H17N3O/c22-18(17-15-4-2-1-3-12(15)5-7-19-17)21-14-9-13-6-8-20(10-14)11-16(13)21/h1-5,7,11,13-14H,6,8-10H2/t13-,14-/m1/s1. The van der Waals surface area contributed by atoms with Crippen LogP contribution in [0.2, 0.25) is 0 Å². The molecule has 110 valence electrons. The molecule has 0 spiro atoms. The SMILES string of the molecule is O=C(c1nccc2ccccc12)N1C2=CN3CC[C@@H]2C[C@@H]1C3. The number of aromatic nitrogens is 1. The maximum absolute atomic E-state index is 13.2. The van der Waals surface area contributed by atoms with Gasteiger partial charge < -0.3 is 9.80 Å². The molecule has 4 heteroatoms. The zero-order chi connectivity index (χ0) is 14.7. The Labute approximate surface area is 129 Å². The van der Waals surface area contributed by atoms with Crippen molar-refractivity contribution in [1.82, 2.24) is 14.8 Å². The third-order valence-electron chi connectivity index (χ3n) is 5.24. The molecule has 1 saturated heterocycles. The molecule has 5 rings (SSSR count). The summed E-state index contributed by atoms with van der Waals surface area (Å²) >= 11 is 0. The Hall–Kier alpha value is -2.36. The summed E-state index contributed by atoms with van der Waals surface area (Å²) in [6.45, 7) is 2.11. The number of hydrogen-bond donors (Lipinski definition) is 0. The molecule has 1 amide bonds. The molecule has 0 unspecified atom stereocenters. The first-order valence-electron chi connectivity index (χ1n) is 7.94. The molecule has 0 N–H and O–H groups in total. The van der Waals surface area contributed by atoms with E-state index in [1.807, 2.05) is 35.2 Å². The second-order valence-corrected chi connectivity index (χ2v) is 6.48. The molecule has 4 heterocycles. The highest BCUT2D eigenvalue weighted by Crippen LogP contribution is 2.43. The summed E-state index contributed by atoms with van der Waals surface area (Å²) in [6, 6.07) is 10.3. The largest absolute Gasteiger partial charge is 0.374 e. The molecule has 3 aliphatic heterocycles. The van der Waals surface area contributed by atoms with Gasteiger partial charge >= 0.3 is 0 Å². The van der Waals surface area contributed by atoms with Crippen molar-refractivity contribution in [2.75, 3.05) is 13.1 Å². The lowest BCUT2D eigenvalue weighted by Gasteiger charge is -2.38. The van der Waals surface area contributed by atoms with E-state index in [1.54, 1.807) is 6.20 Å². The first-order valence-corrected chi connectivity index (χ1v) is 7.94. The van der Waals surface area contributed by atoms with Gasteiger partial charge in [0.2, 0.25) is 0 Å². The Morgan fingerprint density at radius 2 is 2.14 bits per heavy atom. The van der Waals surface area contributed by atoms with Crippen LogP contribution in [0.5, 0.6) is 0 Å². The highest BCUT2D eigenvalue weighted by molar-refractivity contribution is 6.06. The van der Waals surface area contributed by atoms with Crippen LogP contribution in [-0.4, -0.2) is 39.8 Å². The number of hydrogen-bond acceptors (Lipinski definition) is 3. The van der Waals surface area contributed by atoms with Crippen molar-refractivity contribution in [3.8, 4) is 0 Å². The van der Waals surface area contributed by atoms with Crippen molar-refractivity contribution < 1.29 is 4.79 Å².